The quantitative estimate of drug-likeness (QED) is 0.490. The molecule has 3 saturated heterocycles. The second kappa shape index (κ2) is 11.7. The molecule has 194 valence electrons. The second-order valence-corrected chi connectivity index (χ2v) is 12.8. The van der Waals surface area contributed by atoms with Crippen LogP contribution in [0.15, 0.2) is 17.5 Å². The SMILES string of the molecule is CNC1CCN(C[C@@H]2CCCN2C(=O)CN2CCC[C@H](NS(=O)(=O)C=Cc3ccc(Cl)s3)C2=O)C1. The van der Waals surface area contributed by atoms with Crippen molar-refractivity contribution in [1.29, 1.82) is 0 Å². The average Bonchev–Trinajstić information content (AvgIpc) is 3.57. The zero-order valence-corrected chi connectivity index (χ0v) is 22.4. The molecule has 0 radical (unpaired) electrons. The van der Waals surface area contributed by atoms with Gasteiger partial charge in [0.25, 0.3) is 0 Å². The lowest BCUT2D eigenvalue weighted by Gasteiger charge is -2.34. The summed E-state index contributed by atoms with van der Waals surface area (Å²) in [5.41, 5.74) is 0. The van der Waals surface area contributed by atoms with Gasteiger partial charge >= 0.3 is 0 Å². The number of hydrogen-bond donors (Lipinski definition) is 2. The molecule has 0 spiro atoms. The van der Waals surface area contributed by atoms with Gasteiger partial charge in [0, 0.05) is 48.5 Å². The minimum atomic E-state index is -3.82. The van der Waals surface area contributed by atoms with Crippen LogP contribution < -0.4 is 10.0 Å². The van der Waals surface area contributed by atoms with E-state index in [1.54, 1.807) is 12.1 Å². The van der Waals surface area contributed by atoms with E-state index in [1.165, 1.54) is 22.3 Å². The first-order valence-electron chi connectivity index (χ1n) is 12.2. The molecule has 12 heteroatoms. The van der Waals surface area contributed by atoms with Crippen LogP contribution in [0, 0.1) is 0 Å². The Morgan fingerprint density at radius 1 is 1.20 bits per heavy atom. The fraction of sp³-hybridized carbons (Fsp3) is 0.652. The summed E-state index contributed by atoms with van der Waals surface area (Å²) in [6, 6.07) is 3.23. The van der Waals surface area contributed by atoms with Gasteiger partial charge in [0.15, 0.2) is 0 Å². The van der Waals surface area contributed by atoms with Crippen molar-refractivity contribution >= 4 is 50.9 Å². The number of thiophene rings is 1. The summed E-state index contributed by atoms with van der Waals surface area (Å²) in [6.07, 6.45) is 5.57. The van der Waals surface area contributed by atoms with E-state index in [0.717, 1.165) is 44.3 Å². The standard InChI is InChI=1S/C23H34ClN5O4S2/c1-25-17-8-12-27(14-17)15-18-4-2-11-29(18)22(30)16-28-10-3-5-20(23(28)31)26-35(32,33)13-9-19-6-7-21(24)34-19/h6-7,9,13,17-18,20,25-26H,2-5,8,10-12,14-16H2,1H3/t17?,18-,20-/m0/s1. The molecule has 35 heavy (non-hydrogen) atoms. The van der Waals surface area contributed by atoms with Gasteiger partial charge in [0.05, 0.1) is 10.9 Å². The fourth-order valence-electron chi connectivity index (χ4n) is 5.16. The molecular weight excluding hydrogens is 510 g/mol. The predicted octanol–water partition coefficient (Wildman–Crippen LogP) is 1.57. The number of halogens is 1. The molecule has 3 fully saturated rings. The minimum Gasteiger partial charge on any atom is -0.337 e. The molecule has 1 aromatic rings. The highest BCUT2D eigenvalue weighted by atomic mass is 35.5. The molecule has 1 aromatic heterocycles. The third kappa shape index (κ3) is 7.05. The number of likely N-dealkylation sites (N-methyl/N-ethyl adjacent to an activating group) is 1. The molecule has 4 rings (SSSR count). The first kappa shape index (κ1) is 26.6. The summed E-state index contributed by atoms with van der Waals surface area (Å²) >= 11 is 7.15. The van der Waals surface area contributed by atoms with Gasteiger partial charge in [-0.3, -0.25) is 14.5 Å². The Kier molecular flexibility index (Phi) is 8.88. The smallest absolute Gasteiger partial charge is 0.242 e. The molecule has 0 aliphatic carbocycles. The van der Waals surface area contributed by atoms with Crippen LogP contribution in [-0.2, 0) is 19.6 Å². The van der Waals surface area contributed by atoms with Crippen LogP contribution in [0.2, 0.25) is 4.34 Å². The summed E-state index contributed by atoms with van der Waals surface area (Å²) in [6.45, 7) is 4.06. The molecule has 3 aliphatic heterocycles. The summed E-state index contributed by atoms with van der Waals surface area (Å²) in [5, 5.41) is 4.38. The Bertz CT molecular complexity index is 1050. The molecule has 0 saturated carbocycles. The zero-order chi connectivity index (χ0) is 25.0. The first-order chi connectivity index (χ1) is 16.7. The van der Waals surface area contributed by atoms with Crippen LogP contribution in [0.25, 0.3) is 6.08 Å². The van der Waals surface area contributed by atoms with E-state index >= 15 is 0 Å². The van der Waals surface area contributed by atoms with Crippen LogP contribution in [0.1, 0.15) is 37.0 Å². The molecule has 0 aromatic carbocycles. The summed E-state index contributed by atoms with van der Waals surface area (Å²) < 4.78 is 28.1. The van der Waals surface area contributed by atoms with Crippen molar-refractivity contribution in [2.45, 2.75) is 50.2 Å². The van der Waals surface area contributed by atoms with Crippen molar-refractivity contribution in [3.8, 4) is 0 Å². The van der Waals surface area contributed by atoms with E-state index in [1.807, 2.05) is 11.9 Å². The summed E-state index contributed by atoms with van der Waals surface area (Å²) in [5.74, 6) is -0.393. The van der Waals surface area contributed by atoms with Gasteiger partial charge in [-0.25, -0.2) is 8.42 Å². The number of nitrogens with one attached hydrogen (secondary N) is 2. The van der Waals surface area contributed by atoms with Gasteiger partial charge in [0.1, 0.15) is 6.04 Å². The number of amides is 2. The Morgan fingerprint density at radius 2 is 2.00 bits per heavy atom. The van der Waals surface area contributed by atoms with Crippen molar-refractivity contribution in [2.75, 3.05) is 46.3 Å². The topological polar surface area (TPSA) is 102 Å². The van der Waals surface area contributed by atoms with Crippen LogP contribution in [0.4, 0.5) is 0 Å². The van der Waals surface area contributed by atoms with Crippen molar-refractivity contribution in [1.82, 2.24) is 24.7 Å². The second-order valence-electron chi connectivity index (χ2n) is 9.48. The van der Waals surface area contributed by atoms with Gasteiger partial charge in [-0.15, -0.1) is 11.3 Å². The third-order valence-corrected chi connectivity index (χ3v) is 9.32. The van der Waals surface area contributed by atoms with Crippen LogP contribution in [-0.4, -0.2) is 99.4 Å². The predicted molar refractivity (Wildman–Crippen MR) is 139 cm³/mol. The maximum atomic E-state index is 13.2. The summed E-state index contributed by atoms with van der Waals surface area (Å²) in [4.78, 5) is 32.7. The van der Waals surface area contributed by atoms with Gasteiger partial charge in [-0.05, 0) is 63.9 Å². The summed E-state index contributed by atoms with van der Waals surface area (Å²) in [7, 11) is -1.84. The Morgan fingerprint density at radius 3 is 2.71 bits per heavy atom. The highest BCUT2D eigenvalue weighted by Crippen LogP contribution is 2.24. The van der Waals surface area contributed by atoms with E-state index in [2.05, 4.69) is 14.9 Å². The fourth-order valence-corrected chi connectivity index (χ4v) is 7.23. The lowest BCUT2D eigenvalue weighted by atomic mass is 10.1. The van der Waals surface area contributed by atoms with Crippen LogP contribution in [0.3, 0.4) is 0 Å². The lowest BCUT2D eigenvalue weighted by molar-refractivity contribution is -0.143. The van der Waals surface area contributed by atoms with Gasteiger partial charge in [0.2, 0.25) is 21.8 Å². The molecule has 2 amide bonds. The van der Waals surface area contributed by atoms with E-state index in [9.17, 15) is 18.0 Å². The Hall–Kier alpha value is -1.50. The molecule has 2 N–H and O–H groups in total. The largest absolute Gasteiger partial charge is 0.337 e. The van der Waals surface area contributed by atoms with Gasteiger partial charge in [-0.1, -0.05) is 11.6 Å². The molecule has 3 aliphatic rings. The van der Waals surface area contributed by atoms with Crippen LogP contribution in [0.5, 0.6) is 0 Å². The molecule has 0 bridgehead atoms. The van der Waals surface area contributed by atoms with Crippen molar-refractivity contribution in [3.63, 3.8) is 0 Å². The van der Waals surface area contributed by atoms with E-state index in [-0.39, 0.29) is 24.4 Å². The highest BCUT2D eigenvalue weighted by molar-refractivity contribution is 7.92. The first-order valence-corrected chi connectivity index (χ1v) is 14.9. The van der Waals surface area contributed by atoms with Gasteiger partial charge < -0.3 is 15.1 Å². The molecule has 3 atom stereocenters. The number of carbonyl (C=O) groups excluding carboxylic acids is 2. The van der Waals surface area contributed by atoms with E-state index < -0.39 is 16.1 Å². The van der Waals surface area contributed by atoms with E-state index in [4.69, 9.17) is 11.6 Å². The number of likely N-dealkylation sites (tertiary alicyclic amines) is 3. The van der Waals surface area contributed by atoms with Crippen molar-refractivity contribution < 1.29 is 18.0 Å². The van der Waals surface area contributed by atoms with Crippen molar-refractivity contribution in [2.24, 2.45) is 0 Å². The van der Waals surface area contributed by atoms with Crippen molar-refractivity contribution in [3.05, 3.63) is 26.8 Å². The number of piperidine rings is 1. The molecular formula is C23H34ClN5O4S2. The number of hydrogen-bond acceptors (Lipinski definition) is 7. The maximum Gasteiger partial charge on any atom is 0.242 e. The molecule has 4 heterocycles. The number of carbonyl (C=O) groups is 2. The maximum absolute atomic E-state index is 13.2. The van der Waals surface area contributed by atoms with Gasteiger partial charge in [-0.2, -0.15) is 4.72 Å². The highest BCUT2D eigenvalue weighted by Gasteiger charge is 2.36. The Balaban J connectivity index is 1.31. The zero-order valence-electron chi connectivity index (χ0n) is 20.0. The number of sulfonamides is 1. The average molecular weight is 544 g/mol. The van der Waals surface area contributed by atoms with E-state index in [0.29, 0.717) is 41.2 Å². The molecule has 9 nitrogen and oxygen atoms in total. The number of nitrogens with zero attached hydrogens (tertiary/aromatic N) is 3. The molecule has 1 unspecified atom stereocenters. The normalized spacial score (nSPS) is 26.3. The third-order valence-electron chi connectivity index (χ3n) is 7.02. The lowest BCUT2D eigenvalue weighted by Crippen LogP contribution is -2.55. The monoisotopic (exact) mass is 543 g/mol. The number of rotatable bonds is 9. The van der Waals surface area contributed by atoms with Crippen LogP contribution >= 0.6 is 22.9 Å². The minimum absolute atomic E-state index is 0.00373. The Labute approximate surface area is 216 Å².